The van der Waals surface area contributed by atoms with Crippen LogP contribution in [0.2, 0.25) is 0 Å². The average Bonchev–Trinajstić information content (AvgIpc) is 0.722. The Labute approximate surface area is 54.7 Å². The molecule has 0 fully saturated rings. The second kappa shape index (κ2) is 2.32. The quantitative estimate of drug-likeness (QED) is 0.472. The topological polar surface area (TPSA) is 0 Å². The van der Waals surface area contributed by atoms with Crippen molar-refractivity contribution in [2.75, 3.05) is 0 Å². The van der Waals surface area contributed by atoms with Crippen LogP contribution in [0.1, 0.15) is 0 Å². The van der Waals surface area contributed by atoms with Gasteiger partial charge in [0.05, 0.1) is 0 Å². The zero-order valence-electron chi connectivity index (χ0n) is 2.01. The van der Waals surface area contributed by atoms with Gasteiger partial charge in [0.25, 0.3) is 0 Å². The molecule has 0 N–H and O–H groups in total. The van der Waals surface area contributed by atoms with Crippen molar-refractivity contribution in [3.63, 3.8) is 0 Å². The van der Waals surface area contributed by atoms with E-state index < -0.39 is 7.65 Å². The Morgan fingerprint density at radius 1 is 2.00 bits per heavy atom. The Bertz CT molecular complexity index is 27.1. The molecule has 32 valence electrons. The number of halogens is 4. The molecule has 0 heterocycles. The van der Waals surface area contributed by atoms with Crippen molar-refractivity contribution in [3.05, 3.63) is 0 Å². The molecule has 0 aliphatic carbocycles. The Hall–Kier alpha value is 1.97. The van der Waals surface area contributed by atoms with E-state index in [1.165, 1.54) is 0 Å². The molecule has 0 aromatic carbocycles. The molecule has 0 aliphatic rings. The van der Waals surface area contributed by atoms with E-state index in [9.17, 15) is 3.50 Å². The summed E-state index contributed by atoms with van der Waals surface area (Å²) >= 11 is 4.23. The molecule has 0 saturated heterocycles. The van der Waals surface area contributed by atoms with Crippen LogP contribution in [0.3, 0.4) is 0 Å². The van der Waals surface area contributed by atoms with Crippen LogP contribution >= 0.6 is 44.2 Å². The van der Waals surface area contributed by atoms with E-state index in [4.69, 9.17) is 10.0 Å². The van der Waals surface area contributed by atoms with Crippen molar-refractivity contribution in [3.8, 4) is 0 Å². The second-order valence-electron chi connectivity index (χ2n) is 0.429. The summed E-state index contributed by atoms with van der Waals surface area (Å²) in [6.45, 7) is 0. The molecule has 0 rings (SSSR count). The number of hydrogen-bond donors (Lipinski definition) is 0. The van der Waals surface area contributed by atoms with Gasteiger partial charge in [0.1, 0.15) is 0 Å². The molecule has 5 heteroatoms. The summed E-state index contributed by atoms with van der Waals surface area (Å²) in [5.74, 6) is 0. The summed E-state index contributed by atoms with van der Waals surface area (Å²) in [6, 6.07) is 0. The summed E-state index contributed by atoms with van der Waals surface area (Å²) in [5.41, 5.74) is 0. The number of hydrogen-bond acceptors (Lipinski definition) is 0. The third kappa shape index (κ3) is 24.2. The van der Waals surface area contributed by atoms with Gasteiger partial charge in [-0.2, -0.15) is 0 Å². The van der Waals surface area contributed by atoms with Crippen molar-refractivity contribution in [1.29, 1.82) is 0 Å². The van der Waals surface area contributed by atoms with Crippen LogP contribution in [-0.2, 0) is 0 Å². The first-order chi connectivity index (χ1) is 2.00. The fourth-order valence-corrected chi connectivity index (χ4v) is 0. The van der Waals surface area contributed by atoms with Gasteiger partial charge in [-0.15, -0.1) is 0 Å². The Morgan fingerprint density at radius 2 is 2.00 bits per heavy atom. The van der Waals surface area contributed by atoms with Crippen LogP contribution in [0.4, 0.5) is 3.50 Å². The summed E-state index contributed by atoms with van der Waals surface area (Å²) in [7, 11) is 1.71. The maximum atomic E-state index is 11.5. The van der Waals surface area contributed by atoms with Gasteiger partial charge in [-0.25, -0.2) is 0 Å². The first kappa shape index (κ1) is 6.97. The minimum atomic E-state index is -3.25. The SMILES string of the molecule is [F][Ge]([Cl])([Br])[I]. The van der Waals surface area contributed by atoms with Gasteiger partial charge in [-0.3, -0.25) is 0 Å². The van der Waals surface area contributed by atoms with Crippen LogP contribution < -0.4 is 0 Å². The van der Waals surface area contributed by atoms with Gasteiger partial charge in [-0.1, -0.05) is 0 Å². The molecule has 0 aromatic heterocycles. The fourth-order valence-electron chi connectivity index (χ4n) is 0. The van der Waals surface area contributed by atoms with Gasteiger partial charge in [0.2, 0.25) is 0 Å². The van der Waals surface area contributed by atoms with Crippen molar-refractivity contribution in [2.24, 2.45) is 0 Å². The van der Waals surface area contributed by atoms with Crippen molar-refractivity contribution in [2.45, 2.75) is 0 Å². The summed E-state index contributed by atoms with van der Waals surface area (Å²) < 4.78 is 11.5. The van der Waals surface area contributed by atoms with Gasteiger partial charge in [0.15, 0.2) is 0 Å². The summed E-state index contributed by atoms with van der Waals surface area (Å²) in [6.07, 6.45) is 0. The Balaban J connectivity index is 3.02. The molecule has 0 aromatic rings. The van der Waals surface area contributed by atoms with E-state index in [0.717, 1.165) is 0 Å². The van der Waals surface area contributed by atoms with Crippen molar-refractivity contribution in [1.82, 2.24) is 0 Å². The van der Waals surface area contributed by atoms with Crippen LogP contribution in [-0.4, -0.2) is 7.65 Å². The van der Waals surface area contributed by atoms with Gasteiger partial charge in [-0.05, 0) is 0 Å². The van der Waals surface area contributed by atoms with Crippen molar-refractivity contribution >= 4 is 51.9 Å². The summed E-state index contributed by atoms with van der Waals surface area (Å²) in [4.78, 5) is 0. The van der Waals surface area contributed by atoms with E-state index in [1.807, 2.05) is 0 Å². The van der Waals surface area contributed by atoms with Crippen LogP contribution in [0.15, 0.2) is 0 Å². The van der Waals surface area contributed by atoms with E-state index >= 15 is 0 Å². The molecule has 0 radical (unpaired) electrons. The molecular weight excluding hydrogens is 334 g/mol. The Kier molecular flexibility index (Phi) is 3.24. The molecule has 0 spiro atoms. The predicted octanol–water partition coefficient (Wildman–Crippen LogP) is 2.46. The molecule has 0 saturated carbocycles. The van der Waals surface area contributed by atoms with Crippen LogP contribution in [0, 0.1) is 0 Å². The Morgan fingerprint density at radius 3 is 2.00 bits per heavy atom. The molecule has 1 unspecified atom stereocenters. The van der Waals surface area contributed by atoms with Crippen LogP contribution in [0.5, 0.6) is 0 Å². The van der Waals surface area contributed by atoms with Gasteiger partial charge in [0, 0.05) is 0 Å². The van der Waals surface area contributed by atoms with Crippen LogP contribution in [0.25, 0.3) is 0 Å². The van der Waals surface area contributed by atoms with E-state index in [1.54, 1.807) is 20.2 Å². The third-order valence-corrected chi connectivity index (χ3v) is 0. The molecule has 0 amide bonds. The minimum absolute atomic E-state index is 1.58. The van der Waals surface area contributed by atoms with Crippen molar-refractivity contribution < 1.29 is 3.50 Å². The predicted molar refractivity (Wildman–Crippen MR) is 35.7 cm³/mol. The molecule has 0 nitrogen and oxygen atoms in total. The standard InChI is InChI=1S/BrClFGeI/c1-4(2,3)5. The molecule has 1 atom stereocenters. The normalized spacial score (nSPS) is 21.6. The average molecular weight is 334 g/mol. The molecule has 0 bridgehead atoms. The third-order valence-electron chi connectivity index (χ3n) is 0. The van der Waals surface area contributed by atoms with Gasteiger partial charge >= 0.3 is 55.4 Å². The fraction of sp³-hybridized carbons (Fsp3) is 0. The molecule has 5 heavy (non-hydrogen) atoms. The zero-order valence-corrected chi connectivity index (χ0v) is 8.61. The maximum absolute atomic E-state index is 11.5. The first-order valence-corrected chi connectivity index (χ1v) is 15.6. The zero-order chi connectivity index (χ0) is 4.50. The molecule has 0 aliphatic heterocycles. The van der Waals surface area contributed by atoms with E-state index in [-0.39, 0.29) is 0 Å². The number of rotatable bonds is 0. The summed E-state index contributed by atoms with van der Waals surface area (Å²) in [5, 5.41) is 0. The first-order valence-electron chi connectivity index (χ1n) is 0.756. The van der Waals surface area contributed by atoms with E-state index in [0.29, 0.717) is 0 Å². The van der Waals surface area contributed by atoms with Gasteiger partial charge < -0.3 is 0 Å². The van der Waals surface area contributed by atoms with E-state index in [2.05, 4.69) is 14.0 Å². The molecular formula is BrClFGeI. The monoisotopic (exact) mass is 334 g/mol. The second-order valence-corrected chi connectivity index (χ2v) is 31.7.